The van der Waals surface area contributed by atoms with Gasteiger partial charge in [-0.1, -0.05) is 36.7 Å². The molecule has 1 aliphatic rings. The van der Waals surface area contributed by atoms with Crippen LogP contribution in [-0.4, -0.2) is 11.9 Å². The first kappa shape index (κ1) is 16.4. The van der Waals surface area contributed by atoms with Crippen molar-refractivity contribution in [3.05, 3.63) is 28.5 Å². The molecule has 2 rings (SSSR count). The average Bonchev–Trinajstić information content (AvgIpc) is 2.40. The van der Waals surface area contributed by atoms with Crippen molar-refractivity contribution in [2.75, 3.05) is 5.32 Å². The van der Waals surface area contributed by atoms with E-state index in [-0.39, 0.29) is 34.9 Å². The third-order valence-corrected chi connectivity index (χ3v) is 5.50. The van der Waals surface area contributed by atoms with Crippen LogP contribution in [0.5, 0.6) is 0 Å². The fourth-order valence-corrected chi connectivity index (χ4v) is 3.49. The lowest BCUT2D eigenvalue weighted by Gasteiger charge is -2.46. The van der Waals surface area contributed by atoms with E-state index in [1.165, 1.54) is 6.07 Å². The molecule has 0 radical (unpaired) electrons. The van der Waals surface area contributed by atoms with Crippen LogP contribution in [0.25, 0.3) is 0 Å². The third-order valence-electron chi connectivity index (χ3n) is 5.01. The summed E-state index contributed by atoms with van der Waals surface area (Å²) in [7, 11) is 0. The molecule has 1 aromatic carbocycles. The first-order valence-corrected chi connectivity index (χ1v) is 8.04. The predicted octanol–water partition coefficient (Wildman–Crippen LogP) is 3.93. The van der Waals surface area contributed by atoms with Gasteiger partial charge in [0.25, 0.3) is 0 Å². The Labute approximate surface area is 133 Å². The maximum absolute atomic E-state index is 13.8. The number of hydrogen-bond acceptors (Lipinski definition) is 2. The number of rotatable bonds is 2. The Balaban J connectivity index is 2.18. The van der Waals surface area contributed by atoms with Crippen LogP contribution in [-0.2, 0) is 4.79 Å². The zero-order valence-electron chi connectivity index (χ0n) is 12.6. The highest BCUT2D eigenvalue weighted by molar-refractivity contribution is 9.10. The lowest BCUT2D eigenvalue weighted by atomic mass is 9.61. The van der Waals surface area contributed by atoms with E-state index in [1.807, 2.05) is 0 Å². The molecule has 116 valence electrons. The lowest BCUT2D eigenvalue weighted by molar-refractivity contribution is -0.127. The number of hydrogen-bond donors (Lipinski definition) is 2. The van der Waals surface area contributed by atoms with Crippen LogP contribution in [0.15, 0.2) is 22.7 Å². The van der Waals surface area contributed by atoms with Crippen molar-refractivity contribution in [3.63, 3.8) is 0 Å². The largest absolute Gasteiger partial charge is 0.327 e. The topological polar surface area (TPSA) is 55.1 Å². The van der Waals surface area contributed by atoms with Gasteiger partial charge >= 0.3 is 0 Å². The number of carbonyl (C=O) groups excluding carboxylic acids is 1. The Kier molecular flexibility index (Phi) is 4.73. The molecule has 3 unspecified atom stereocenters. The van der Waals surface area contributed by atoms with E-state index in [1.54, 1.807) is 12.1 Å². The number of amides is 1. The molecule has 0 aliphatic heterocycles. The molecule has 0 saturated heterocycles. The Morgan fingerprint density at radius 2 is 2.10 bits per heavy atom. The summed E-state index contributed by atoms with van der Waals surface area (Å²) in [5.41, 5.74) is 6.13. The van der Waals surface area contributed by atoms with Gasteiger partial charge in [-0.15, -0.1) is 0 Å². The van der Waals surface area contributed by atoms with Gasteiger partial charge in [0.05, 0.1) is 5.69 Å². The quantitative estimate of drug-likeness (QED) is 0.843. The van der Waals surface area contributed by atoms with Gasteiger partial charge in [-0.2, -0.15) is 0 Å². The minimum Gasteiger partial charge on any atom is -0.327 e. The minimum absolute atomic E-state index is 0.117. The Hall–Kier alpha value is -0.940. The molecule has 1 aliphatic carbocycles. The molecule has 1 amide bonds. The molecule has 3 N–H and O–H groups in total. The second-order valence-electron chi connectivity index (χ2n) is 6.52. The van der Waals surface area contributed by atoms with E-state index < -0.39 is 5.82 Å². The molecule has 0 heterocycles. The van der Waals surface area contributed by atoms with E-state index in [9.17, 15) is 9.18 Å². The number of halogens is 2. The highest BCUT2D eigenvalue weighted by Crippen LogP contribution is 2.44. The fraction of sp³-hybridized carbons (Fsp3) is 0.562. The van der Waals surface area contributed by atoms with Crippen LogP contribution < -0.4 is 11.1 Å². The van der Waals surface area contributed by atoms with Crippen LogP contribution in [0.2, 0.25) is 0 Å². The zero-order valence-corrected chi connectivity index (χ0v) is 14.2. The first-order valence-electron chi connectivity index (χ1n) is 7.25. The first-order chi connectivity index (χ1) is 9.73. The van der Waals surface area contributed by atoms with Crippen molar-refractivity contribution < 1.29 is 9.18 Å². The second kappa shape index (κ2) is 6.05. The Bertz CT molecular complexity index is 547. The van der Waals surface area contributed by atoms with Gasteiger partial charge in [0.15, 0.2) is 0 Å². The van der Waals surface area contributed by atoms with E-state index in [0.29, 0.717) is 0 Å². The SMILES string of the molecule is CC1C(N)CCC(C(=O)Nc2cc(Br)ccc2F)C1(C)C. The number of anilines is 1. The monoisotopic (exact) mass is 356 g/mol. The number of nitrogens with one attached hydrogen (secondary N) is 1. The van der Waals surface area contributed by atoms with Crippen molar-refractivity contribution in [2.45, 2.75) is 39.7 Å². The maximum Gasteiger partial charge on any atom is 0.228 e. The minimum atomic E-state index is -0.426. The summed E-state index contributed by atoms with van der Waals surface area (Å²) in [5.74, 6) is -0.472. The van der Waals surface area contributed by atoms with Crippen molar-refractivity contribution in [1.29, 1.82) is 0 Å². The van der Waals surface area contributed by atoms with E-state index >= 15 is 0 Å². The summed E-state index contributed by atoms with van der Waals surface area (Å²) in [6, 6.07) is 4.64. The summed E-state index contributed by atoms with van der Waals surface area (Å²) in [5, 5.41) is 2.73. The highest BCUT2D eigenvalue weighted by Gasteiger charge is 2.45. The summed E-state index contributed by atoms with van der Waals surface area (Å²) in [6.45, 7) is 6.22. The molecular weight excluding hydrogens is 335 g/mol. The van der Waals surface area contributed by atoms with Gasteiger partial charge in [0, 0.05) is 16.4 Å². The Morgan fingerprint density at radius 1 is 1.43 bits per heavy atom. The smallest absolute Gasteiger partial charge is 0.228 e. The zero-order chi connectivity index (χ0) is 15.8. The third kappa shape index (κ3) is 3.29. The van der Waals surface area contributed by atoms with Gasteiger partial charge in [0.2, 0.25) is 5.91 Å². The molecular formula is C16H22BrFN2O. The number of benzene rings is 1. The van der Waals surface area contributed by atoms with Gasteiger partial charge in [-0.25, -0.2) is 4.39 Å². The molecule has 1 saturated carbocycles. The van der Waals surface area contributed by atoms with Gasteiger partial charge < -0.3 is 11.1 Å². The Morgan fingerprint density at radius 3 is 2.76 bits per heavy atom. The van der Waals surface area contributed by atoms with Crippen molar-refractivity contribution in [2.24, 2.45) is 23.0 Å². The van der Waals surface area contributed by atoms with Crippen LogP contribution in [0.4, 0.5) is 10.1 Å². The maximum atomic E-state index is 13.8. The van der Waals surface area contributed by atoms with Crippen molar-refractivity contribution >= 4 is 27.5 Å². The number of carbonyl (C=O) groups is 1. The van der Waals surface area contributed by atoms with Crippen LogP contribution >= 0.6 is 15.9 Å². The van der Waals surface area contributed by atoms with Gasteiger partial charge in [-0.3, -0.25) is 4.79 Å². The highest BCUT2D eigenvalue weighted by atomic mass is 79.9. The standard InChI is InChI=1S/C16H22BrFN2O/c1-9-13(19)7-5-11(16(9,2)3)15(21)20-14-8-10(17)4-6-12(14)18/h4,6,8-9,11,13H,5,7,19H2,1-3H3,(H,20,21). The summed E-state index contributed by atoms with van der Waals surface area (Å²) in [4.78, 5) is 12.6. The summed E-state index contributed by atoms with van der Waals surface area (Å²) >= 11 is 3.29. The van der Waals surface area contributed by atoms with Crippen molar-refractivity contribution in [1.82, 2.24) is 0 Å². The normalized spacial score (nSPS) is 28.2. The molecule has 1 aromatic rings. The molecule has 21 heavy (non-hydrogen) atoms. The van der Waals surface area contributed by atoms with Crippen molar-refractivity contribution in [3.8, 4) is 0 Å². The van der Waals surface area contributed by atoms with E-state index in [4.69, 9.17) is 5.73 Å². The van der Waals surface area contributed by atoms with Gasteiger partial charge in [-0.05, 0) is 42.4 Å². The van der Waals surface area contributed by atoms with E-state index in [2.05, 4.69) is 42.0 Å². The lowest BCUT2D eigenvalue weighted by Crippen LogP contribution is -2.50. The van der Waals surface area contributed by atoms with Crippen LogP contribution in [0.1, 0.15) is 33.6 Å². The molecule has 1 fully saturated rings. The molecule has 5 heteroatoms. The van der Waals surface area contributed by atoms with Crippen LogP contribution in [0.3, 0.4) is 0 Å². The molecule has 3 nitrogen and oxygen atoms in total. The predicted molar refractivity (Wildman–Crippen MR) is 86.4 cm³/mol. The molecule has 0 spiro atoms. The number of nitrogens with two attached hydrogens (primary N) is 1. The van der Waals surface area contributed by atoms with E-state index in [0.717, 1.165) is 17.3 Å². The summed E-state index contributed by atoms with van der Waals surface area (Å²) < 4.78 is 14.5. The molecule has 0 aromatic heterocycles. The molecule has 3 atom stereocenters. The molecule has 0 bridgehead atoms. The summed E-state index contributed by atoms with van der Waals surface area (Å²) in [6.07, 6.45) is 1.56. The van der Waals surface area contributed by atoms with Gasteiger partial charge in [0.1, 0.15) is 5.82 Å². The second-order valence-corrected chi connectivity index (χ2v) is 7.43. The van der Waals surface area contributed by atoms with Crippen LogP contribution in [0, 0.1) is 23.1 Å². The fourth-order valence-electron chi connectivity index (χ4n) is 3.13. The average molecular weight is 357 g/mol.